The van der Waals surface area contributed by atoms with E-state index in [1.165, 1.54) is 83.8 Å². The van der Waals surface area contributed by atoms with Crippen molar-refractivity contribution in [2.24, 2.45) is 11.3 Å². The van der Waals surface area contributed by atoms with Crippen LogP contribution in [-0.4, -0.2) is 37.6 Å². The lowest BCUT2D eigenvalue weighted by molar-refractivity contribution is 0.0792. The minimum absolute atomic E-state index is 0.555. The van der Waals surface area contributed by atoms with E-state index < -0.39 is 0 Å². The lowest BCUT2D eigenvalue weighted by atomic mass is 9.73. The van der Waals surface area contributed by atoms with Gasteiger partial charge in [0.25, 0.3) is 0 Å². The molecule has 2 saturated carbocycles. The number of hydrogen-bond donors (Lipinski definition) is 1. The first-order valence-corrected chi connectivity index (χ1v) is 9.52. The minimum atomic E-state index is 0.555. The second-order valence-electron chi connectivity index (χ2n) is 8.29. The standard InChI is InChI=1S/C19H38N2/c1-17(2)14-20-15-19(12-8-5-9-13-19)16-21(3)18-10-6-4-7-11-18/h17-18,20H,4-16H2,1-3H3. The molecule has 0 aromatic heterocycles. The number of hydrogen-bond acceptors (Lipinski definition) is 2. The van der Waals surface area contributed by atoms with E-state index in [9.17, 15) is 0 Å². The Morgan fingerprint density at radius 3 is 2.24 bits per heavy atom. The summed E-state index contributed by atoms with van der Waals surface area (Å²) in [6.07, 6.45) is 14.5. The molecule has 2 aliphatic carbocycles. The summed E-state index contributed by atoms with van der Waals surface area (Å²) in [4.78, 5) is 2.72. The zero-order valence-corrected chi connectivity index (χ0v) is 14.8. The van der Waals surface area contributed by atoms with Crippen molar-refractivity contribution in [1.29, 1.82) is 0 Å². The van der Waals surface area contributed by atoms with Crippen molar-refractivity contribution in [3.63, 3.8) is 0 Å². The van der Waals surface area contributed by atoms with E-state index >= 15 is 0 Å². The van der Waals surface area contributed by atoms with Gasteiger partial charge >= 0.3 is 0 Å². The maximum Gasteiger partial charge on any atom is 0.00924 e. The second-order valence-corrected chi connectivity index (χ2v) is 8.29. The van der Waals surface area contributed by atoms with Crippen LogP contribution in [-0.2, 0) is 0 Å². The molecule has 0 spiro atoms. The van der Waals surface area contributed by atoms with Gasteiger partial charge in [-0.05, 0) is 50.6 Å². The lowest BCUT2D eigenvalue weighted by Crippen LogP contribution is -2.48. The first kappa shape index (κ1) is 17.3. The van der Waals surface area contributed by atoms with Gasteiger partial charge < -0.3 is 10.2 Å². The molecule has 0 heterocycles. The number of nitrogens with one attached hydrogen (secondary N) is 1. The van der Waals surface area contributed by atoms with Gasteiger partial charge in [0.05, 0.1) is 0 Å². The lowest BCUT2D eigenvalue weighted by Gasteiger charge is -2.43. The summed E-state index contributed by atoms with van der Waals surface area (Å²) in [6.45, 7) is 8.36. The Kier molecular flexibility index (Phi) is 7.01. The van der Waals surface area contributed by atoms with Crippen LogP contribution in [0.2, 0.25) is 0 Å². The fourth-order valence-electron chi connectivity index (χ4n) is 4.50. The van der Waals surface area contributed by atoms with Crippen LogP contribution in [0.15, 0.2) is 0 Å². The van der Waals surface area contributed by atoms with E-state index in [4.69, 9.17) is 0 Å². The van der Waals surface area contributed by atoms with Gasteiger partial charge in [-0.15, -0.1) is 0 Å². The predicted octanol–water partition coefficient (Wildman–Crippen LogP) is 4.45. The predicted molar refractivity (Wildman–Crippen MR) is 92.7 cm³/mol. The second kappa shape index (κ2) is 8.53. The Balaban J connectivity index is 1.88. The van der Waals surface area contributed by atoms with Gasteiger partial charge in [0.2, 0.25) is 0 Å². The highest BCUT2D eigenvalue weighted by Crippen LogP contribution is 2.37. The third-order valence-corrected chi connectivity index (χ3v) is 5.75. The molecule has 0 saturated heterocycles. The highest BCUT2D eigenvalue weighted by atomic mass is 15.1. The fourth-order valence-corrected chi connectivity index (χ4v) is 4.50. The summed E-state index contributed by atoms with van der Waals surface area (Å²) in [5, 5.41) is 3.78. The molecule has 0 amide bonds. The highest BCUT2D eigenvalue weighted by Gasteiger charge is 2.34. The summed E-state index contributed by atoms with van der Waals surface area (Å²) in [5.41, 5.74) is 0.555. The van der Waals surface area contributed by atoms with Crippen molar-refractivity contribution < 1.29 is 0 Å². The normalized spacial score (nSPS) is 23.9. The topological polar surface area (TPSA) is 15.3 Å². The van der Waals surface area contributed by atoms with E-state index in [2.05, 4.69) is 31.1 Å². The van der Waals surface area contributed by atoms with E-state index in [1.807, 2.05) is 0 Å². The summed E-state index contributed by atoms with van der Waals surface area (Å²) < 4.78 is 0. The zero-order valence-electron chi connectivity index (χ0n) is 14.8. The van der Waals surface area contributed by atoms with Gasteiger partial charge in [0.1, 0.15) is 0 Å². The molecule has 2 aliphatic rings. The maximum absolute atomic E-state index is 3.78. The smallest absolute Gasteiger partial charge is 0.00924 e. The van der Waals surface area contributed by atoms with Gasteiger partial charge in [0, 0.05) is 19.1 Å². The van der Waals surface area contributed by atoms with Crippen LogP contribution in [0.4, 0.5) is 0 Å². The molecule has 0 aliphatic heterocycles. The van der Waals surface area contributed by atoms with Gasteiger partial charge in [-0.3, -0.25) is 0 Å². The molecule has 0 unspecified atom stereocenters. The molecule has 124 valence electrons. The Bertz CT molecular complexity index is 275. The molecular formula is C19H38N2. The van der Waals surface area contributed by atoms with Gasteiger partial charge in [-0.1, -0.05) is 52.4 Å². The van der Waals surface area contributed by atoms with Crippen LogP contribution in [0.25, 0.3) is 0 Å². The number of nitrogens with zero attached hydrogens (tertiary/aromatic N) is 1. The molecule has 2 rings (SSSR count). The highest BCUT2D eigenvalue weighted by molar-refractivity contribution is 4.89. The third kappa shape index (κ3) is 5.56. The van der Waals surface area contributed by atoms with E-state index in [0.29, 0.717) is 5.41 Å². The van der Waals surface area contributed by atoms with Crippen LogP contribution >= 0.6 is 0 Å². The molecule has 21 heavy (non-hydrogen) atoms. The monoisotopic (exact) mass is 294 g/mol. The average molecular weight is 295 g/mol. The molecule has 0 aromatic rings. The average Bonchev–Trinajstić information content (AvgIpc) is 2.48. The molecule has 1 N–H and O–H groups in total. The van der Waals surface area contributed by atoms with Gasteiger partial charge in [-0.2, -0.15) is 0 Å². The van der Waals surface area contributed by atoms with Crippen molar-refractivity contribution in [1.82, 2.24) is 10.2 Å². The maximum atomic E-state index is 3.78. The van der Waals surface area contributed by atoms with Crippen LogP contribution in [0.5, 0.6) is 0 Å². The van der Waals surface area contributed by atoms with Crippen molar-refractivity contribution in [2.75, 3.05) is 26.7 Å². The van der Waals surface area contributed by atoms with Gasteiger partial charge in [-0.25, -0.2) is 0 Å². The molecule has 0 atom stereocenters. The third-order valence-electron chi connectivity index (χ3n) is 5.75. The first-order chi connectivity index (χ1) is 10.1. The summed E-state index contributed by atoms with van der Waals surface area (Å²) in [5.74, 6) is 0.765. The Morgan fingerprint density at radius 2 is 1.62 bits per heavy atom. The molecule has 2 nitrogen and oxygen atoms in total. The van der Waals surface area contributed by atoms with Crippen molar-refractivity contribution in [3.8, 4) is 0 Å². The SMILES string of the molecule is CC(C)CNCC1(CN(C)C2CCCCC2)CCCCC1. The minimum Gasteiger partial charge on any atom is -0.316 e. The van der Waals surface area contributed by atoms with Crippen LogP contribution in [0.1, 0.15) is 78.1 Å². The summed E-state index contributed by atoms with van der Waals surface area (Å²) >= 11 is 0. The van der Waals surface area contributed by atoms with Gasteiger partial charge in [0.15, 0.2) is 0 Å². The Morgan fingerprint density at radius 1 is 1.00 bits per heavy atom. The zero-order chi connectivity index (χ0) is 15.1. The first-order valence-electron chi connectivity index (χ1n) is 9.52. The largest absolute Gasteiger partial charge is 0.316 e. The molecule has 0 aromatic carbocycles. The molecule has 0 radical (unpaired) electrons. The van der Waals surface area contributed by atoms with E-state index in [0.717, 1.165) is 12.0 Å². The van der Waals surface area contributed by atoms with Crippen LogP contribution in [0.3, 0.4) is 0 Å². The van der Waals surface area contributed by atoms with Crippen molar-refractivity contribution >= 4 is 0 Å². The van der Waals surface area contributed by atoms with E-state index in [1.54, 1.807) is 0 Å². The summed E-state index contributed by atoms with van der Waals surface area (Å²) in [7, 11) is 2.40. The molecular weight excluding hydrogens is 256 g/mol. The van der Waals surface area contributed by atoms with Crippen molar-refractivity contribution in [3.05, 3.63) is 0 Å². The fraction of sp³-hybridized carbons (Fsp3) is 1.00. The molecule has 2 heteroatoms. The molecule has 0 bridgehead atoms. The van der Waals surface area contributed by atoms with Crippen molar-refractivity contribution in [2.45, 2.75) is 84.1 Å². The Hall–Kier alpha value is -0.0800. The quantitative estimate of drug-likeness (QED) is 0.746. The molecule has 2 fully saturated rings. The van der Waals surface area contributed by atoms with Crippen LogP contribution < -0.4 is 5.32 Å². The van der Waals surface area contributed by atoms with E-state index in [-0.39, 0.29) is 0 Å². The Labute approximate surface area is 133 Å². The van der Waals surface area contributed by atoms with Crippen LogP contribution in [0, 0.1) is 11.3 Å². The number of rotatable bonds is 7. The summed E-state index contributed by atoms with van der Waals surface area (Å²) in [6, 6.07) is 0.864.